The van der Waals surface area contributed by atoms with Crippen molar-refractivity contribution in [2.75, 3.05) is 0 Å². The van der Waals surface area contributed by atoms with Gasteiger partial charge in [-0.3, -0.25) is 4.79 Å². The Labute approximate surface area is 116 Å². The van der Waals surface area contributed by atoms with Crippen LogP contribution in [0.1, 0.15) is 18.6 Å². The number of benzene rings is 2. The van der Waals surface area contributed by atoms with Crippen LogP contribution in [-0.2, 0) is 14.3 Å². The predicted octanol–water partition coefficient (Wildman–Crippen LogP) is 2.90. The van der Waals surface area contributed by atoms with Crippen LogP contribution in [0.25, 0.3) is 0 Å². The second kappa shape index (κ2) is 6.52. The van der Waals surface area contributed by atoms with Crippen molar-refractivity contribution < 1.29 is 19.1 Å². The highest BCUT2D eigenvalue weighted by atomic mass is 16.6. The Balaban J connectivity index is 2.18. The van der Waals surface area contributed by atoms with E-state index in [0.717, 1.165) is 0 Å². The van der Waals surface area contributed by atoms with Gasteiger partial charge in [-0.1, -0.05) is 48.5 Å². The molecule has 0 aliphatic heterocycles. The number of carbonyl (C=O) groups is 2. The summed E-state index contributed by atoms with van der Waals surface area (Å²) >= 11 is 0. The molecule has 4 nitrogen and oxygen atoms in total. The average molecular weight is 270 g/mol. The van der Waals surface area contributed by atoms with Crippen LogP contribution >= 0.6 is 0 Å². The molecule has 0 fully saturated rings. The smallest absolute Gasteiger partial charge is 0.357 e. The van der Waals surface area contributed by atoms with Crippen molar-refractivity contribution in [2.45, 2.75) is 13.0 Å². The van der Waals surface area contributed by atoms with Crippen molar-refractivity contribution in [2.24, 2.45) is 0 Å². The van der Waals surface area contributed by atoms with Crippen molar-refractivity contribution >= 4 is 11.9 Å². The minimum atomic E-state index is -1.06. The third-order valence-electron chi connectivity index (χ3n) is 2.56. The highest BCUT2D eigenvalue weighted by Gasteiger charge is 2.25. The summed E-state index contributed by atoms with van der Waals surface area (Å²) in [5.74, 6) is -0.757. The number of hydrogen-bond donors (Lipinski definition) is 0. The monoisotopic (exact) mass is 270 g/mol. The van der Waals surface area contributed by atoms with E-state index in [0.29, 0.717) is 11.3 Å². The lowest BCUT2D eigenvalue weighted by Crippen LogP contribution is -2.23. The number of ether oxygens (including phenoxy) is 2. The van der Waals surface area contributed by atoms with Gasteiger partial charge < -0.3 is 9.47 Å². The first-order chi connectivity index (χ1) is 9.66. The third-order valence-corrected chi connectivity index (χ3v) is 2.56. The quantitative estimate of drug-likeness (QED) is 0.633. The molecule has 1 unspecified atom stereocenters. The molecule has 0 saturated heterocycles. The van der Waals surface area contributed by atoms with Gasteiger partial charge in [0.1, 0.15) is 5.75 Å². The van der Waals surface area contributed by atoms with Crippen molar-refractivity contribution in [3.63, 3.8) is 0 Å². The van der Waals surface area contributed by atoms with Crippen molar-refractivity contribution in [3.8, 4) is 5.75 Å². The van der Waals surface area contributed by atoms with E-state index >= 15 is 0 Å². The summed E-state index contributed by atoms with van der Waals surface area (Å²) in [5.41, 5.74) is 0.573. The second-order valence-electron chi connectivity index (χ2n) is 4.13. The van der Waals surface area contributed by atoms with Crippen LogP contribution in [0.15, 0.2) is 60.7 Å². The zero-order chi connectivity index (χ0) is 14.4. The van der Waals surface area contributed by atoms with Gasteiger partial charge in [-0.05, 0) is 12.1 Å². The highest BCUT2D eigenvalue weighted by molar-refractivity contribution is 5.81. The molecule has 0 saturated carbocycles. The predicted molar refractivity (Wildman–Crippen MR) is 73.0 cm³/mol. The molecule has 0 heterocycles. The number of esters is 2. The molecule has 0 radical (unpaired) electrons. The molecular weight excluding hydrogens is 256 g/mol. The van der Waals surface area contributed by atoms with Crippen LogP contribution in [0.4, 0.5) is 0 Å². The number of carbonyl (C=O) groups excluding carboxylic acids is 2. The molecule has 1 atom stereocenters. The SMILES string of the molecule is CC(=O)OC(C(=O)Oc1ccccc1)c1ccccc1. The standard InChI is InChI=1S/C16H14O4/c1-12(17)19-15(13-8-4-2-5-9-13)16(18)20-14-10-6-3-7-11-14/h2-11,15H,1H3. The minimum Gasteiger partial charge on any atom is -0.446 e. The third kappa shape index (κ3) is 3.68. The summed E-state index contributed by atoms with van der Waals surface area (Å²) in [5, 5.41) is 0. The molecule has 0 bridgehead atoms. The summed E-state index contributed by atoms with van der Waals surface area (Å²) in [4.78, 5) is 23.3. The van der Waals surface area contributed by atoms with Gasteiger partial charge in [0, 0.05) is 12.5 Å². The molecule has 20 heavy (non-hydrogen) atoms. The molecule has 2 aromatic carbocycles. The van der Waals surface area contributed by atoms with E-state index in [9.17, 15) is 9.59 Å². The molecule has 2 rings (SSSR count). The second-order valence-corrected chi connectivity index (χ2v) is 4.13. The van der Waals surface area contributed by atoms with E-state index in [1.807, 2.05) is 12.1 Å². The Morgan fingerprint density at radius 2 is 1.45 bits per heavy atom. The van der Waals surface area contributed by atoms with E-state index in [1.165, 1.54) is 6.92 Å². The Bertz CT molecular complexity index is 578. The summed E-state index contributed by atoms with van der Waals surface area (Å²) in [7, 11) is 0. The fraction of sp³-hybridized carbons (Fsp3) is 0.125. The van der Waals surface area contributed by atoms with Crippen molar-refractivity contribution in [1.29, 1.82) is 0 Å². The van der Waals surface area contributed by atoms with Gasteiger partial charge in [0.05, 0.1) is 0 Å². The summed E-state index contributed by atoms with van der Waals surface area (Å²) < 4.78 is 10.3. The summed E-state index contributed by atoms with van der Waals surface area (Å²) in [6, 6.07) is 17.4. The first-order valence-electron chi connectivity index (χ1n) is 6.16. The molecular formula is C16H14O4. The Kier molecular flexibility index (Phi) is 4.50. The summed E-state index contributed by atoms with van der Waals surface area (Å²) in [6.45, 7) is 1.26. The van der Waals surface area contributed by atoms with E-state index in [1.54, 1.807) is 48.5 Å². The zero-order valence-electron chi connectivity index (χ0n) is 11.0. The number of hydrogen-bond acceptors (Lipinski definition) is 4. The zero-order valence-corrected chi connectivity index (χ0v) is 11.0. The first-order valence-corrected chi connectivity index (χ1v) is 6.16. The lowest BCUT2D eigenvalue weighted by Gasteiger charge is -2.16. The molecule has 0 aromatic heterocycles. The fourth-order valence-electron chi connectivity index (χ4n) is 1.70. The van der Waals surface area contributed by atoms with E-state index in [4.69, 9.17) is 9.47 Å². The average Bonchev–Trinajstić information content (AvgIpc) is 2.46. The Morgan fingerprint density at radius 1 is 0.900 bits per heavy atom. The van der Waals surface area contributed by atoms with Crippen LogP contribution < -0.4 is 4.74 Å². The lowest BCUT2D eigenvalue weighted by atomic mass is 10.1. The van der Waals surface area contributed by atoms with Crippen LogP contribution in [0.3, 0.4) is 0 Å². The van der Waals surface area contributed by atoms with Gasteiger partial charge in [0.15, 0.2) is 0 Å². The van der Waals surface area contributed by atoms with Crippen molar-refractivity contribution in [3.05, 3.63) is 66.2 Å². The highest BCUT2D eigenvalue weighted by Crippen LogP contribution is 2.21. The van der Waals surface area contributed by atoms with Crippen LogP contribution in [-0.4, -0.2) is 11.9 Å². The molecule has 2 aromatic rings. The van der Waals surface area contributed by atoms with E-state index in [2.05, 4.69) is 0 Å². The van der Waals surface area contributed by atoms with Crippen LogP contribution in [0, 0.1) is 0 Å². The first kappa shape index (κ1) is 13.8. The molecule has 0 N–H and O–H groups in total. The van der Waals surface area contributed by atoms with Gasteiger partial charge >= 0.3 is 11.9 Å². The molecule has 4 heteroatoms. The van der Waals surface area contributed by atoms with Gasteiger partial charge in [0.25, 0.3) is 0 Å². The molecule has 102 valence electrons. The van der Waals surface area contributed by atoms with Crippen molar-refractivity contribution in [1.82, 2.24) is 0 Å². The molecule has 0 spiro atoms. The maximum absolute atomic E-state index is 12.1. The Hall–Kier alpha value is -2.62. The minimum absolute atomic E-state index is 0.408. The largest absolute Gasteiger partial charge is 0.446 e. The van der Waals surface area contributed by atoms with Crippen LogP contribution in [0.5, 0.6) is 5.75 Å². The van der Waals surface area contributed by atoms with Gasteiger partial charge in [-0.2, -0.15) is 0 Å². The topological polar surface area (TPSA) is 52.6 Å². The lowest BCUT2D eigenvalue weighted by molar-refractivity contribution is -0.161. The van der Waals surface area contributed by atoms with Gasteiger partial charge in [-0.15, -0.1) is 0 Å². The maximum Gasteiger partial charge on any atom is 0.357 e. The van der Waals surface area contributed by atoms with E-state index in [-0.39, 0.29) is 0 Å². The number of para-hydroxylation sites is 1. The van der Waals surface area contributed by atoms with Crippen LogP contribution in [0.2, 0.25) is 0 Å². The van der Waals surface area contributed by atoms with E-state index < -0.39 is 18.0 Å². The summed E-state index contributed by atoms with van der Waals surface area (Å²) in [6.07, 6.45) is -1.06. The molecule has 0 aliphatic carbocycles. The maximum atomic E-state index is 12.1. The van der Waals surface area contributed by atoms with Gasteiger partial charge in [0.2, 0.25) is 6.10 Å². The fourth-order valence-corrected chi connectivity index (χ4v) is 1.70. The number of rotatable bonds is 4. The molecule has 0 amide bonds. The normalized spacial score (nSPS) is 11.4. The molecule has 0 aliphatic rings. The van der Waals surface area contributed by atoms with Gasteiger partial charge in [-0.25, -0.2) is 4.79 Å². The Morgan fingerprint density at radius 3 is 2.00 bits per heavy atom.